The van der Waals surface area contributed by atoms with Crippen molar-refractivity contribution in [3.05, 3.63) is 21.6 Å². The first-order chi connectivity index (χ1) is 15.3. The normalized spacial score (nSPS) is 17.6. The molecule has 0 amide bonds. The third-order valence-electron chi connectivity index (χ3n) is 5.26. The average molecular weight is 501 g/mol. The van der Waals surface area contributed by atoms with Gasteiger partial charge in [-0.3, -0.25) is 9.59 Å². The number of alkyl halides is 2. The third kappa shape index (κ3) is 5.20. The number of carbonyl (C=O) groups excluding carboxylic acids is 1. The fraction of sp³-hybridized carbons (Fsp3) is 0.579. The summed E-state index contributed by atoms with van der Waals surface area (Å²) in [6, 6.07) is -0.231. The molecule has 3 heterocycles. The van der Waals surface area contributed by atoms with E-state index < -0.39 is 11.2 Å². The van der Waals surface area contributed by atoms with Gasteiger partial charge in [0.15, 0.2) is 20.9 Å². The molecule has 1 atom stereocenters. The van der Waals surface area contributed by atoms with E-state index in [0.717, 1.165) is 21.9 Å². The molecule has 1 N–H and O–H groups in total. The van der Waals surface area contributed by atoms with Crippen LogP contribution in [0.5, 0.6) is 0 Å². The van der Waals surface area contributed by atoms with Crippen LogP contribution in [0.3, 0.4) is 0 Å². The monoisotopic (exact) mass is 500 g/mol. The second-order valence-corrected chi connectivity index (χ2v) is 11.5. The molecule has 8 nitrogen and oxygen atoms in total. The number of carbonyl (C=O) groups is 1. The summed E-state index contributed by atoms with van der Waals surface area (Å²) in [5.74, 6) is -1.81. The molecule has 172 valence electrons. The van der Waals surface area contributed by atoms with E-state index in [0.29, 0.717) is 21.2 Å². The van der Waals surface area contributed by atoms with Crippen molar-refractivity contribution in [3.8, 4) is 0 Å². The molecule has 0 saturated heterocycles. The fourth-order valence-electron chi connectivity index (χ4n) is 3.53. The molecule has 1 saturated carbocycles. The van der Waals surface area contributed by atoms with E-state index >= 15 is 0 Å². The molecular formula is C19H22F2N6O2S3. The van der Waals surface area contributed by atoms with Gasteiger partial charge in [-0.25, -0.2) is 18.4 Å². The van der Waals surface area contributed by atoms with Gasteiger partial charge >= 0.3 is 0 Å². The minimum Gasteiger partial charge on any atom is -0.301 e. The molecule has 3 aromatic heterocycles. The van der Waals surface area contributed by atoms with Crippen LogP contribution in [0.2, 0.25) is 0 Å². The Morgan fingerprint density at radius 2 is 2.12 bits per heavy atom. The molecule has 0 spiro atoms. The van der Waals surface area contributed by atoms with Crippen molar-refractivity contribution in [1.29, 1.82) is 0 Å². The number of H-pyrrole nitrogens is 1. The lowest BCUT2D eigenvalue weighted by Crippen LogP contribution is -2.27. The molecule has 3 aromatic rings. The van der Waals surface area contributed by atoms with Crippen molar-refractivity contribution < 1.29 is 13.6 Å². The maximum Gasteiger partial charge on any atom is 0.262 e. The molecule has 1 unspecified atom stereocenters. The highest BCUT2D eigenvalue weighted by Crippen LogP contribution is 2.39. The summed E-state index contributed by atoms with van der Waals surface area (Å²) in [6.07, 6.45) is 1.71. The zero-order valence-electron chi connectivity index (χ0n) is 17.5. The lowest BCUT2D eigenvalue weighted by Gasteiger charge is -2.28. The first-order valence-corrected chi connectivity index (χ1v) is 12.9. The van der Waals surface area contributed by atoms with Crippen LogP contribution < -0.4 is 5.56 Å². The van der Waals surface area contributed by atoms with Crippen LogP contribution >= 0.6 is 34.9 Å². The number of Topliss-reactive ketones (excluding diaryl/α,β-unsaturated/α-hetero) is 1. The van der Waals surface area contributed by atoms with Gasteiger partial charge in [0.1, 0.15) is 10.4 Å². The molecular weight excluding hydrogens is 478 g/mol. The quantitative estimate of drug-likeness (QED) is 0.364. The number of fused-ring (bicyclic) bond motifs is 1. The number of hydrogen-bond acceptors (Lipinski definition) is 9. The highest BCUT2D eigenvalue weighted by atomic mass is 32.2. The maximum absolute atomic E-state index is 13.5. The first kappa shape index (κ1) is 23.3. The summed E-state index contributed by atoms with van der Waals surface area (Å²) >= 11 is 4.13. The van der Waals surface area contributed by atoms with Crippen molar-refractivity contribution in [3.63, 3.8) is 0 Å². The highest BCUT2D eigenvalue weighted by Gasteiger charge is 2.36. The van der Waals surface area contributed by atoms with E-state index in [4.69, 9.17) is 0 Å². The van der Waals surface area contributed by atoms with E-state index in [9.17, 15) is 18.4 Å². The Balaban J connectivity index is 1.49. The van der Waals surface area contributed by atoms with Crippen LogP contribution in [0.15, 0.2) is 20.5 Å². The molecule has 13 heteroatoms. The van der Waals surface area contributed by atoms with Crippen LogP contribution in [0.1, 0.15) is 50.6 Å². The zero-order chi connectivity index (χ0) is 22.9. The topological polar surface area (TPSA) is 106 Å². The van der Waals surface area contributed by atoms with Crippen molar-refractivity contribution in [1.82, 2.24) is 29.9 Å². The standard InChI is InChI=1S/C19H22F2N6O2S3/c1-3-30-18-26-25-14(32-18)8-13(28)10(2)31-17-23-15-12(16(29)24-17)9-22-27(15)11-4-6-19(20,21)7-5-11/h9-11H,3-8H2,1-2H3,(H,23,24,29). The number of hydrogen-bond donors (Lipinski definition) is 1. The number of nitrogens with zero attached hydrogens (tertiary/aromatic N) is 5. The van der Waals surface area contributed by atoms with Gasteiger partial charge in [0.05, 0.1) is 23.9 Å². The number of rotatable bonds is 8. The van der Waals surface area contributed by atoms with Gasteiger partial charge in [-0.05, 0) is 25.5 Å². The van der Waals surface area contributed by atoms with Gasteiger partial charge in [0.25, 0.3) is 5.56 Å². The molecule has 0 aliphatic heterocycles. The second-order valence-electron chi connectivity index (χ2n) is 7.58. The third-order valence-corrected chi connectivity index (χ3v) is 8.23. The van der Waals surface area contributed by atoms with Gasteiger partial charge < -0.3 is 4.98 Å². The van der Waals surface area contributed by atoms with Gasteiger partial charge in [-0.1, -0.05) is 41.8 Å². The van der Waals surface area contributed by atoms with Crippen molar-refractivity contribution in [2.75, 3.05) is 5.75 Å². The molecule has 32 heavy (non-hydrogen) atoms. The molecule has 0 bridgehead atoms. The highest BCUT2D eigenvalue weighted by molar-refractivity contribution is 8.01. The molecule has 1 fully saturated rings. The van der Waals surface area contributed by atoms with E-state index in [-0.39, 0.29) is 49.5 Å². The Morgan fingerprint density at radius 1 is 1.38 bits per heavy atom. The smallest absolute Gasteiger partial charge is 0.262 e. The number of aromatic amines is 1. The largest absolute Gasteiger partial charge is 0.301 e. The number of thioether (sulfide) groups is 2. The SMILES string of the molecule is CCSc1nnc(CC(=O)C(C)Sc2nc3c(cnn3C3CCC(F)(F)CC3)c(=O)[nH]2)s1. The van der Waals surface area contributed by atoms with Crippen LogP contribution in [0.4, 0.5) is 8.78 Å². The fourth-order valence-corrected chi connectivity index (χ4v) is 6.17. The Morgan fingerprint density at radius 3 is 2.84 bits per heavy atom. The summed E-state index contributed by atoms with van der Waals surface area (Å²) in [5.41, 5.74) is -0.00800. The first-order valence-electron chi connectivity index (χ1n) is 10.3. The van der Waals surface area contributed by atoms with Crippen LogP contribution in [0.25, 0.3) is 11.0 Å². The van der Waals surface area contributed by atoms with Gasteiger partial charge in [-0.15, -0.1) is 10.2 Å². The summed E-state index contributed by atoms with van der Waals surface area (Å²) < 4.78 is 29.5. The van der Waals surface area contributed by atoms with Gasteiger partial charge in [-0.2, -0.15) is 5.10 Å². The number of ketones is 1. The summed E-state index contributed by atoms with van der Waals surface area (Å²) in [7, 11) is 0. The van der Waals surface area contributed by atoms with E-state index in [1.54, 1.807) is 23.4 Å². The molecule has 0 radical (unpaired) electrons. The van der Waals surface area contributed by atoms with E-state index in [1.165, 1.54) is 17.5 Å². The van der Waals surface area contributed by atoms with Crippen molar-refractivity contribution in [2.45, 2.75) is 72.7 Å². The Bertz CT molecular complexity index is 1170. The predicted molar refractivity (Wildman–Crippen MR) is 121 cm³/mol. The molecule has 1 aliphatic rings. The average Bonchev–Trinajstić information content (AvgIpc) is 3.35. The lowest BCUT2D eigenvalue weighted by atomic mass is 9.92. The molecule has 0 aromatic carbocycles. The minimum absolute atomic E-state index is 0.0510. The van der Waals surface area contributed by atoms with Crippen molar-refractivity contribution in [2.24, 2.45) is 0 Å². The van der Waals surface area contributed by atoms with Crippen LogP contribution in [-0.4, -0.2) is 52.7 Å². The predicted octanol–water partition coefficient (Wildman–Crippen LogP) is 4.13. The van der Waals surface area contributed by atoms with Gasteiger partial charge in [0, 0.05) is 12.8 Å². The lowest BCUT2D eigenvalue weighted by molar-refractivity contribution is -0.117. The zero-order valence-corrected chi connectivity index (χ0v) is 20.0. The second kappa shape index (κ2) is 9.56. The van der Waals surface area contributed by atoms with E-state index in [2.05, 4.69) is 25.3 Å². The Kier molecular flexibility index (Phi) is 6.96. The van der Waals surface area contributed by atoms with Crippen molar-refractivity contribution >= 4 is 51.7 Å². The van der Waals surface area contributed by atoms with Gasteiger partial charge in [0.2, 0.25) is 5.92 Å². The number of nitrogens with one attached hydrogen (secondary N) is 1. The Hall–Kier alpha value is -1.86. The number of aromatic nitrogens is 6. The Labute approximate surface area is 195 Å². The maximum atomic E-state index is 13.5. The molecule has 1 aliphatic carbocycles. The van der Waals surface area contributed by atoms with E-state index in [1.807, 2.05) is 6.92 Å². The minimum atomic E-state index is -2.65. The number of halogens is 2. The summed E-state index contributed by atoms with van der Waals surface area (Å²) in [6.45, 7) is 3.77. The summed E-state index contributed by atoms with van der Waals surface area (Å²) in [5, 5.41) is 13.2. The van der Waals surface area contributed by atoms with Crippen LogP contribution in [0, 0.1) is 0 Å². The van der Waals surface area contributed by atoms with Crippen LogP contribution in [-0.2, 0) is 11.2 Å². The summed E-state index contributed by atoms with van der Waals surface area (Å²) in [4.78, 5) is 32.4. The molecule has 4 rings (SSSR count).